The molecule has 3 heterocycles. The summed E-state index contributed by atoms with van der Waals surface area (Å²) in [6, 6.07) is 16.6. The number of esters is 1. The van der Waals surface area contributed by atoms with Gasteiger partial charge < -0.3 is 9.47 Å². The van der Waals surface area contributed by atoms with E-state index in [9.17, 15) is 13.2 Å². The van der Waals surface area contributed by atoms with E-state index >= 15 is 0 Å². The van der Waals surface area contributed by atoms with Gasteiger partial charge in [-0.05, 0) is 30.3 Å². The van der Waals surface area contributed by atoms with Gasteiger partial charge in [0.05, 0.1) is 23.2 Å². The van der Waals surface area contributed by atoms with E-state index in [1.165, 1.54) is 29.4 Å². The molecule has 5 rings (SSSR count). The van der Waals surface area contributed by atoms with Crippen LogP contribution in [-0.4, -0.2) is 30.5 Å². The van der Waals surface area contributed by atoms with Gasteiger partial charge in [-0.3, -0.25) is 4.98 Å². The van der Waals surface area contributed by atoms with Crippen LogP contribution in [0.4, 0.5) is 0 Å². The smallest absolute Gasteiger partial charge is 0.343 e. The number of carbonyl (C=O) groups excluding carboxylic acids is 1. The number of pyridine rings is 1. The van der Waals surface area contributed by atoms with Gasteiger partial charge in [-0.1, -0.05) is 30.3 Å². The number of fused-ring (bicyclic) bond motifs is 2. The molecule has 1 aliphatic rings. The van der Waals surface area contributed by atoms with E-state index < -0.39 is 22.1 Å². The van der Waals surface area contributed by atoms with Gasteiger partial charge >= 0.3 is 5.97 Å². The molecule has 30 heavy (non-hydrogen) atoms. The minimum absolute atomic E-state index is 0.135. The number of methoxy groups -OCH3 is 1. The molecule has 8 heteroatoms. The number of hydrogen-bond acceptors (Lipinski definition) is 6. The van der Waals surface area contributed by atoms with Crippen LogP contribution >= 0.6 is 0 Å². The lowest BCUT2D eigenvalue weighted by Crippen LogP contribution is -2.18. The maximum atomic E-state index is 13.6. The summed E-state index contributed by atoms with van der Waals surface area (Å²) in [5, 5.41) is 0.624. The highest BCUT2D eigenvalue weighted by atomic mass is 32.2. The van der Waals surface area contributed by atoms with Crippen LogP contribution in [0.1, 0.15) is 27.7 Å². The van der Waals surface area contributed by atoms with Crippen LogP contribution in [0.2, 0.25) is 0 Å². The molecule has 0 fully saturated rings. The summed E-state index contributed by atoms with van der Waals surface area (Å²) in [6.45, 7) is 0. The van der Waals surface area contributed by atoms with Crippen molar-refractivity contribution in [3.8, 4) is 5.75 Å². The monoisotopic (exact) mass is 420 g/mol. The van der Waals surface area contributed by atoms with Crippen LogP contribution in [0.3, 0.4) is 0 Å². The van der Waals surface area contributed by atoms with E-state index in [0.717, 1.165) is 0 Å². The molecular weight excluding hydrogens is 404 g/mol. The molecule has 0 saturated carbocycles. The lowest BCUT2D eigenvalue weighted by Gasteiger charge is -2.16. The average molecular weight is 420 g/mol. The zero-order valence-corrected chi connectivity index (χ0v) is 16.7. The Balaban J connectivity index is 1.80. The highest BCUT2D eigenvalue weighted by Gasteiger charge is 2.39. The highest BCUT2D eigenvalue weighted by molar-refractivity contribution is 7.90. The fraction of sp³-hybridized carbons (Fsp3) is 0.0909. The number of cyclic esters (lactones) is 1. The highest BCUT2D eigenvalue weighted by Crippen LogP contribution is 2.42. The number of nitrogens with zero attached hydrogens (tertiary/aromatic N) is 2. The normalized spacial score (nSPS) is 15.8. The molecule has 0 aliphatic carbocycles. The first-order valence-corrected chi connectivity index (χ1v) is 10.6. The molecule has 150 valence electrons. The van der Waals surface area contributed by atoms with Crippen LogP contribution in [0, 0.1) is 0 Å². The standard InChI is InChI=1S/C22H16N2O5S/c1-28-19-9-5-8-16-20(19)22(25)29-21(16)18-12-14-13-23-11-10-17(14)24(18)30(26,27)15-6-3-2-4-7-15/h2-13,21H,1H3. The zero-order valence-electron chi connectivity index (χ0n) is 15.8. The first-order valence-electron chi connectivity index (χ1n) is 9.16. The average Bonchev–Trinajstić information content (AvgIpc) is 3.32. The van der Waals surface area contributed by atoms with Crippen molar-refractivity contribution in [1.29, 1.82) is 0 Å². The largest absolute Gasteiger partial charge is 0.496 e. The Bertz CT molecular complexity index is 1390. The minimum atomic E-state index is -3.96. The Morgan fingerprint density at radius 2 is 1.87 bits per heavy atom. The van der Waals surface area contributed by atoms with Crippen molar-refractivity contribution in [2.75, 3.05) is 7.11 Å². The van der Waals surface area contributed by atoms with E-state index in [1.54, 1.807) is 54.7 Å². The molecule has 4 aromatic rings. The fourth-order valence-electron chi connectivity index (χ4n) is 3.81. The molecule has 0 spiro atoms. The second kappa shape index (κ2) is 6.70. The Hall–Kier alpha value is -3.65. The second-order valence-electron chi connectivity index (χ2n) is 6.80. The van der Waals surface area contributed by atoms with Crippen LogP contribution in [0.15, 0.2) is 78.0 Å². The number of ether oxygens (including phenoxy) is 2. The van der Waals surface area contributed by atoms with Crippen molar-refractivity contribution in [2.45, 2.75) is 11.0 Å². The van der Waals surface area contributed by atoms with E-state index in [1.807, 2.05) is 0 Å². The van der Waals surface area contributed by atoms with Gasteiger partial charge in [-0.25, -0.2) is 17.2 Å². The topological polar surface area (TPSA) is 87.5 Å². The molecular formula is C22H16N2O5S. The van der Waals surface area contributed by atoms with Crippen molar-refractivity contribution in [3.05, 3.63) is 89.9 Å². The Labute approximate surface area is 172 Å². The maximum absolute atomic E-state index is 13.6. The molecule has 0 saturated heterocycles. The number of aromatic nitrogens is 2. The first-order chi connectivity index (χ1) is 14.5. The van der Waals surface area contributed by atoms with Crippen LogP contribution in [0.5, 0.6) is 5.75 Å². The molecule has 0 radical (unpaired) electrons. The lowest BCUT2D eigenvalue weighted by atomic mass is 10.0. The number of benzene rings is 2. The molecule has 0 bridgehead atoms. The van der Waals surface area contributed by atoms with Gasteiger partial charge in [0.2, 0.25) is 0 Å². The van der Waals surface area contributed by atoms with Crippen LogP contribution in [-0.2, 0) is 14.8 Å². The Morgan fingerprint density at radius 3 is 2.63 bits per heavy atom. The molecule has 7 nitrogen and oxygen atoms in total. The Morgan fingerprint density at radius 1 is 1.07 bits per heavy atom. The SMILES string of the molecule is COc1cccc2c1C(=O)OC2c1cc2cnccc2n1S(=O)(=O)c1ccccc1. The third-order valence-electron chi connectivity index (χ3n) is 5.12. The number of carbonyl (C=O) groups is 1. The van der Waals surface area contributed by atoms with Gasteiger partial charge in [0.25, 0.3) is 10.0 Å². The van der Waals surface area contributed by atoms with Crippen LogP contribution in [0.25, 0.3) is 10.9 Å². The number of hydrogen-bond donors (Lipinski definition) is 0. The third kappa shape index (κ3) is 2.61. The molecule has 1 aliphatic heterocycles. The van der Waals surface area contributed by atoms with Crippen molar-refractivity contribution < 1.29 is 22.7 Å². The van der Waals surface area contributed by atoms with E-state index in [2.05, 4.69) is 4.98 Å². The van der Waals surface area contributed by atoms with Gasteiger partial charge in [0.15, 0.2) is 6.10 Å². The molecule has 2 aromatic heterocycles. The summed E-state index contributed by atoms with van der Waals surface area (Å²) in [6.07, 6.45) is 2.22. The fourth-order valence-corrected chi connectivity index (χ4v) is 5.37. The quantitative estimate of drug-likeness (QED) is 0.469. The summed E-state index contributed by atoms with van der Waals surface area (Å²) in [5.74, 6) is -0.172. The predicted octanol–water partition coefficient (Wildman–Crippen LogP) is 3.54. The lowest BCUT2D eigenvalue weighted by molar-refractivity contribution is 0.0447. The molecule has 2 aromatic carbocycles. The van der Waals surface area contributed by atoms with Crippen molar-refractivity contribution in [1.82, 2.24) is 8.96 Å². The third-order valence-corrected chi connectivity index (χ3v) is 6.88. The van der Waals surface area contributed by atoms with E-state index in [4.69, 9.17) is 9.47 Å². The predicted molar refractivity (Wildman–Crippen MR) is 109 cm³/mol. The van der Waals surface area contributed by atoms with Crippen LogP contribution < -0.4 is 4.74 Å². The van der Waals surface area contributed by atoms with Gasteiger partial charge in [-0.15, -0.1) is 0 Å². The van der Waals surface area contributed by atoms with Gasteiger partial charge in [0.1, 0.15) is 11.3 Å². The number of rotatable bonds is 4. The van der Waals surface area contributed by atoms with Gasteiger partial charge in [-0.2, -0.15) is 0 Å². The minimum Gasteiger partial charge on any atom is -0.496 e. The van der Waals surface area contributed by atoms with E-state index in [0.29, 0.717) is 33.5 Å². The first kappa shape index (κ1) is 18.4. The summed E-state index contributed by atoms with van der Waals surface area (Å²) < 4.78 is 39.3. The molecule has 1 unspecified atom stereocenters. The molecule has 1 atom stereocenters. The van der Waals surface area contributed by atoms with Gasteiger partial charge in [0, 0.05) is 23.3 Å². The van der Waals surface area contributed by atoms with Crippen molar-refractivity contribution in [2.24, 2.45) is 0 Å². The Kier molecular flexibility index (Phi) is 4.11. The second-order valence-corrected chi connectivity index (χ2v) is 8.58. The molecule has 0 amide bonds. The van der Waals surface area contributed by atoms with Crippen molar-refractivity contribution >= 4 is 26.9 Å². The summed E-state index contributed by atoms with van der Waals surface area (Å²) in [4.78, 5) is 16.8. The maximum Gasteiger partial charge on any atom is 0.343 e. The molecule has 0 N–H and O–H groups in total. The summed E-state index contributed by atoms with van der Waals surface area (Å²) in [5.41, 5.74) is 1.63. The van der Waals surface area contributed by atoms with E-state index in [-0.39, 0.29) is 4.90 Å². The summed E-state index contributed by atoms with van der Waals surface area (Å²) >= 11 is 0. The summed E-state index contributed by atoms with van der Waals surface area (Å²) in [7, 11) is -2.49. The van der Waals surface area contributed by atoms with Crippen molar-refractivity contribution in [3.63, 3.8) is 0 Å². The zero-order chi connectivity index (χ0) is 20.9.